The molecule has 0 radical (unpaired) electrons. The fraction of sp³-hybridized carbons (Fsp3) is 0.286. The molecule has 2 aromatic rings. The quantitative estimate of drug-likeness (QED) is 0.845. The number of ether oxygens (including phenoxy) is 1. The predicted octanol–water partition coefficient (Wildman–Crippen LogP) is 4.68. The van der Waals surface area contributed by atoms with Crippen molar-refractivity contribution in [2.75, 3.05) is 12.4 Å². The molecule has 0 aliphatic heterocycles. The lowest BCUT2D eigenvalue weighted by molar-refractivity contribution is 0.452. The van der Waals surface area contributed by atoms with Crippen LogP contribution in [0.15, 0.2) is 29.0 Å². The highest BCUT2D eigenvalue weighted by molar-refractivity contribution is 9.10. The number of nitrogens with zero attached hydrogens (tertiary/aromatic N) is 2. The normalized spacial score (nSPS) is 10.4. The van der Waals surface area contributed by atoms with Crippen molar-refractivity contribution in [2.45, 2.75) is 19.8 Å². The van der Waals surface area contributed by atoms with E-state index < -0.39 is 0 Å². The van der Waals surface area contributed by atoms with E-state index in [2.05, 4.69) is 38.1 Å². The van der Waals surface area contributed by atoms with Crippen LogP contribution < -0.4 is 10.1 Å². The second-order valence-corrected chi connectivity index (χ2v) is 5.47. The smallest absolute Gasteiger partial charge is 0.227 e. The number of hydrogen-bond donors (Lipinski definition) is 1. The Labute approximate surface area is 131 Å². The number of benzene rings is 1. The molecule has 1 N–H and O–H groups in total. The van der Waals surface area contributed by atoms with Gasteiger partial charge in [-0.2, -0.15) is 0 Å². The van der Waals surface area contributed by atoms with Gasteiger partial charge < -0.3 is 10.1 Å². The second-order valence-electron chi connectivity index (χ2n) is 4.18. The maximum atomic E-state index is 5.93. The lowest BCUT2D eigenvalue weighted by atomic mass is 10.1. The molecule has 1 aromatic carbocycles. The summed E-state index contributed by atoms with van der Waals surface area (Å²) in [6.07, 6.45) is 3.32. The van der Waals surface area contributed by atoms with Crippen LogP contribution in [0.5, 0.6) is 11.6 Å². The largest absolute Gasteiger partial charge is 0.437 e. The first-order valence-electron chi connectivity index (χ1n) is 6.30. The number of aromatic nitrogens is 2. The molecule has 0 amide bonds. The molecule has 6 heteroatoms. The summed E-state index contributed by atoms with van der Waals surface area (Å²) in [4.78, 5) is 8.46. The molecule has 0 aliphatic carbocycles. The van der Waals surface area contributed by atoms with E-state index in [1.807, 2.05) is 13.1 Å². The number of rotatable bonds is 5. The molecule has 1 heterocycles. The topological polar surface area (TPSA) is 47.0 Å². The molecule has 0 atom stereocenters. The van der Waals surface area contributed by atoms with E-state index in [1.54, 1.807) is 12.1 Å². The van der Waals surface area contributed by atoms with Gasteiger partial charge in [0.05, 0.1) is 10.0 Å². The van der Waals surface area contributed by atoms with Crippen molar-refractivity contribution in [1.29, 1.82) is 0 Å². The van der Waals surface area contributed by atoms with Crippen molar-refractivity contribution in [3.05, 3.63) is 39.6 Å². The summed E-state index contributed by atoms with van der Waals surface area (Å²) in [5.41, 5.74) is 0.972. The molecule has 0 bridgehead atoms. The zero-order valence-electron chi connectivity index (χ0n) is 11.3. The van der Waals surface area contributed by atoms with Crippen molar-refractivity contribution < 1.29 is 4.74 Å². The molecule has 1 aromatic heterocycles. The van der Waals surface area contributed by atoms with Crippen LogP contribution in [-0.2, 0) is 6.42 Å². The van der Waals surface area contributed by atoms with Crippen LogP contribution >= 0.6 is 27.5 Å². The number of anilines is 1. The van der Waals surface area contributed by atoms with Gasteiger partial charge in [-0.15, -0.1) is 0 Å². The maximum Gasteiger partial charge on any atom is 0.227 e. The summed E-state index contributed by atoms with van der Waals surface area (Å²) < 4.78 is 6.68. The average Bonchev–Trinajstić information content (AvgIpc) is 2.43. The van der Waals surface area contributed by atoms with E-state index in [1.165, 1.54) is 6.33 Å². The van der Waals surface area contributed by atoms with Gasteiger partial charge in [-0.05, 0) is 40.5 Å². The van der Waals surface area contributed by atoms with Crippen LogP contribution in [-0.4, -0.2) is 17.0 Å². The number of hydrogen-bond acceptors (Lipinski definition) is 4. The van der Waals surface area contributed by atoms with Crippen molar-refractivity contribution in [3.8, 4) is 11.6 Å². The van der Waals surface area contributed by atoms with Gasteiger partial charge in [-0.3, -0.25) is 0 Å². The predicted molar refractivity (Wildman–Crippen MR) is 84.8 cm³/mol. The van der Waals surface area contributed by atoms with Crippen LogP contribution in [0, 0.1) is 0 Å². The highest BCUT2D eigenvalue weighted by Crippen LogP contribution is 2.34. The van der Waals surface area contributed by atoms with Gasteiger partial charge in [0.25, 0.3) is 0 Å². The summed E-state index contributed by atoms with van der Waals surface area (Å²) in [5, 5.41) is 3.72. The molecule has 2 rings (SSSR count). The summed E-state index contributed by atoms with van der Waals surface area (Å²) >= 11 is 9.36. The van der Waals surface area contributed by atoms with Crippen molar-refractivity contribution in [3.63, 3.8) is 0 Å². The fourth-order valence-corrected chi connectivity index (χ4v) is 2.60. The van der Waals surface area contributed by atoms with E-state index in [-0.39, 0.29) is 0 Å². The minimum atomic E-state index is 0.564. The first-order valence-corrected chi connectivity index (χ1v) is 7.47. The van der Waals surface area contributed by atoms with Crippen LogP contribution in [0.4, 0.5) is 5.82 Å². The molecular formula is C14H15BrClN3O. The molecule has 0 unspecified atom stereocenters. The van der Waals surface area contributed by atoms with E-state index in [0.717, 1.165) is 28.7 Å². The van der Waals surface area contributed by atoms with Crippen LogP contribution in [0.1, 0.15) is 18.9 Å². The highest BCUT2D eigenvalue weighted by atomic mass is 79.9. The van der Waals surface area contributed by atoms with Gasteiger partial charge >= 0.3 is 0 Å². The Hall–Kier alpha value is -1.33. The zero-order chi connectivity index (χ0) is 14.5. The second kappa shape index (κ2) is 6.90. The third-order valence-corrected chi connectivity index (χ3v) is 3.60. The van der Waals surface area contributed by atoms with Crippen molar-refractivity contribution in [2.24, 2.45) is 0 Å². The Bertz CT molecular complexity index is 607. The van der Waals surface area contributed by atoms with Crippen molar-refractivity contribution in [1.82, 2.24) is 9.97 Å². The number of nitrogens with one attached hydrogen (secondary N) is 1. The Balaban J connectivity index is 2.37. The Morgan fingerprint density at radius 1 is 1.35 bits per heavy atom. The third kappa shape index (κ3) is 3.41. The van der Waals surface area contributed by atoms with Gasteiger partial charge in [0.15, 0.2) is 0 Å². The third-order valence-electron chi connectivity index (χ3n) is 2.74. The summed E-state index contributed by atoms with van der Waals surface area (Å²) in [7, 11) is 1.84. The number of halogens is 2. The van der Waals surface area contributed by atoms with Gasteiger partial charge in [0.1, 0.15) is 17.9 Å². The first-order chi connectivity index (χ1) is 9.65. The van der Waals surface area contributed by atoms with Gasteiger partial charge in [-0.25, -0.2) is 9.97 Å². The molecule has 0 fully saturated rings. The monoisotopic (exact) mass is 355 g/mol. The Kier molecular flexibility index (Phi) is 5.20. The standard InChI is InChI=1S/C14H15BrClN3O/c1-3-4-10-13(17-2)18-8-19-14(10)20-12-6-5-9(16)7-11(12)15/h5-8H,3-4H2,1-2H3,(H,17,18,19). The minimum Gasteiger partial charge on any atom is -0.437 e. The lowest BCUT2D eigenvalue weighted by Crippen LogP contribution is -2.03. The maximum absolute atomic E-state index is 5.93. The summed E-state index contributed by atoms with van der Waals surface area (Å²) in [6, 6.07) is 5.38. The van der Waals surface area contributed by atoms with E-state index >= 15 is 0 Å². The SMILES string of the molecule is CCCc1c(NC)ncnc1Oc1ccc(Cl)cc1Br. The fourth-order valence-electron chi connectivity index (χ4n) is 1.84. The first kappa shape index (κ1) is 15.1. The Morgan fingerprint density at radius 3 is 2.80 bits per heavy atom. The molecule has 20 heavy (non-hydrogen) atoms. The summed E-state index contributed by atoms with van der Waals surface area (Å²) in [6.45, 7) is 2.11. The molecule has 0 saturated carbocycles. The van der Waals surface area contributed by atoms with Gasteiger partial charge in [0, 0.05) is 12.1 Å². The van der Waals surface area contributed by atoms with E-state index in [4.69, 9.17) is 16.3 Å². The molecular weight excluding hydrogens is 342 g/mol. The van der Waals surface area contributed by atoms with E-state index in [0.29, 0.717) is 16.7 Å². The molecule has 106 valence electrons. The Morgan fingerprint density at radius 2 is 2.15 bits per heavy atom. The van der Waals surface area contributed by atoms with Gasteiger partial charge in [-0.1, -0.05) is 24.9 Å². The zero-order valence-corrected chi connectivity index (χ0v) is 13.6. The molecule has 4 nitrogen and oxygen atoms in total. The van der Waals surface area contributed by atoms with E-state index in [9.17, 15) is 0 Å². The summed E-state index contributed by atoms with van der Waals surface area (Å²) in [5.74, 6) is 2.03. The molecule has 0 spiro atoms. The molecule has 0 aliphatic rings. The van der Waals surface area contributed by atoms with Gasteiger partial charge in [0.2, 0.25) is 5.88 Å². The van der Waals surface area contributed by atoms with Crippen LogP contribution in [0.3, 0.4) is 0 Å². The van der Waals surface area contributed by atoms with Crippen LogP contribution in [0.25, 0.3) is 0 Å². The molecule has 0 saturated heterocycles. The lowest BCUT2D eigenvalue weighted by Gasteiger charge is -2.13. The average molecular weight is 357 g/mol. The minimum absolute atomic E-state index is 0.564. The highest BCUT2D eigenvalue weighted by Gasteiger charge is 2.13. The van der Waals surface area contributed by atoms with Crippen LogP contribution in [0.2, 0.25) is 5.02 Å². The van der Waals surface area contributed by atoms with Crippen molar-refractivity contribution >= 4 is 33.3 Å².